The van der Waals surface area contributed by atoms with Gasteiger partial charge in [0.2, 0.25) is 5.91 Å². The molecule has 0 saturated carbocycles. The number of primary amides is 1. The summed E-state index contributed by atoms with van der Waals surface area (Å²) in [5.41, 5.74) is 11.8. The minimum Gasteiger partial charge on any atom is -0.366 e. The molecule has 0 aliphatic heterocycles. The van der Waals surface area contributed by atoms with Gasteiger partial charge in [-0.05, 0) is 60.2 Å². The standard InChI is InChI=1S/C22H18ClN3O3S/c23-18-8-10-19(11-9-18)30-13-14-4-6-15(7-5-14)21(28)25-26-22(29)17-3-1-2-16(12-17)20(24)27/h1-12H,13H2,(H2,24,27)(H,25,28)(H,26,29). The normalized spacial score (nSPS) is 10.3. The van der Waals surface area contributed by atoms with Crippen molar-refractivity contribution in [3.05, 3.63) is 100 Å². The molecule has 3 aromatic carbocycles. The Bertz CT molecular complexity index is 1070. The van der Waals surface area contributed by atoms with Crippen LogP contribution in [0.15, 0.2) is 77.7 Å². The molecule has 152 valence electrons. The second-order valence-corrected chi connectivity index (χ2v) is 7.78. The summed E-state index contributed by atoms with van der Waals surface area (Å²) < 4.78 is 0. The molecule has 0 saturated heterocycles. The molecule has 0 aromatic heterocycles. The summed E-state index contributed by atoms with van der Waals surface area (Å²) >= 11 is 7.55. The number of hydrogen-bond acceptors (Lipinski definition) is 4. The molecule has 0 spiro atoms. The first-order valence-electron chi connectivity index (χ1n) is 8.90. The van der Waals surface area contributed by atoms with E-state index in [0.29, 0.717) is 10.6 Å². The van der Waals surface area contributed by atoms with Gasteiger partial charge in [0.1, 0.15) is 0 Å². The van der Waals surface area contributed by atoms with E-state index in [1.807, 2.05) is 36.4 Å². The monoisotopic (exact) mass is 439 g/mol. The van der Waals surface area contributed by atoms with Crippen molar-refractivity contribution >= 4 is 41.1 Å². The molecule has 4 N–H and O–H groups in total. The van der Waals surface area contributed by atoms with Crippen LogP contribution >= 0.6 is 23.4 Å². The highest BCUT2D eigenvalue weighted by Gasteiger charge is 2.11. The lowest BCUT2D eigenvalue weighted by atomic mass is 10.1. The first-order chi connectivity index (χ1) is 14.4. The van der Waals surface area contributed by atoms with Crippen molar-refractivity contribution in [1.29, 1.82) is 0 Å². The first kappa shape index (κ1) is 21.4. The van der Waals surface area contributed by atoms with Crippen LogP contribution in [0.1, 0.15) is 36.6 Å². The molecule has 0 fully saturated rings. The summed E-state index contributed by atoms with van der Waals surface area (Å²) in [6, 6.07) is 20.6. The van der Waals surface area contributed by atoms with Gasteiger partial charge in [-0.25, -0.2) is 0 Å². The quantitative estimate of drug-likeness (QED) is 0.401. The van der Waals surface area contributed by atoms with E-state index in [0.717, 1.165) is 16.2 Å². The predicted molar refractivity (Wildman–Crippen MR) is 117 cm³/mol. The second kappa shape index (κ2) is 9.96. The number of hydrazine groups is 1. The van der Waals surface area contributed by atoms with Crippen LogP contribution in [0.5, 0.6) is 0 Å². The van der Waals surface area contributed by atoms with Crippen LogP contribution in [0.25, 0.3) is 0 Å². The molecule has 0 unspecified atom stereocenters. The highest BCUT2D eigenvalue weighted by atomic mass is 35.5. The molecule has 0 heterocycles. The number of hydrogen-bond donors (Lipinski definition) is 3. The average Bonchev–Trinajstić information content (AvgIpc) is 2.77. The van der Waals surface area contributed by atoms with Gasteiger partial charge in [0, 0.05) is 32.4 Å². The third-order valence-corrected chi connectivity index (χ3v) is 5.47. The Morgan fingerprint density at radius 3 is 2.03 bits per heavy atom. The zero-order valence-corrected chi connectivity index (χ0v) is 17.3. The lowest BCUT2D eigenvalue weighted by Crippen LogP contribution is -2.41. The number of carbonyl (C=O) groups is 3. The van der Waals surface area contributed by atoms with Crippen LogP contribution in [-0.2, 0) is 5.75 Å². The van der Waals surface area contributed by atoms with E-state index in [-0.39, 0.29) is 11.1 Å². The van der Waals surface area contributed by atoms with Gasteiger partial charge >= 0.3 is 0 Å². The number of nitrogens with one attached hydrogen (secondary N) is 2. The van der Waals surface area contributed by atoms with Crippen LogP contribution in [-0.4, -0.2) is 17.7 Å². The second-order valence-electron chi connectivity index (χ2n) is 6.29. The highest BCUT2D eigenvalue weighted by molar-refractivity contribution is 7.98. The zero-order valence-electron chi connectivity index (χ0n) is 15.7. The highest BCUT2D eigenvalue weighted by Crippen LogP contribution is 2.24. The molecule has 0 aliphatic carbocycles. The largest absolute Gasteiger partial charge is 0.366 e. The Kier molecular flexibility index (Phi) is 7.11. The van der Waals surface area contributed by atoms with Gasteiger partial charge in [-0.1, -0.05) is 29.8 Å². The summed E-state index contributed by atoms with van der Waals surface area (Å²) in [7, 11) is 0. The third kappa shape index (κ3) is 5.85. The Labute approximate surface area is 182 Å². The molecule has 30 heavy (non-hydrogen) atoms. The van der Waals surface area contributed by atoms with Crippen molar-refractivity contribution in [1.82, 2.24) is 10.9 Å². The number of carbonyl (C=O) groups excluding carboxylic acids is 3. The van der Waals surface area contributed by atoms with E-state index in [2.05, 4.69) is 10.9 Å². The number of benzene rings is 3. The van der Waals surface area contributed by atoms with Gasteiger partial charge in [0.15, 0.2) is 0 Å². The maximum absolute atomic E-state index is 12.3. The lowest BCUT2D eigenvalue weighted by molar-refractivity contribution is 0.0846. The van der Waals surface area contributed by atoms with Crippen LogP contribution in [0, 0.1) is 0 Å². The fourth-order valence-corrected chi connectivity index (χ4v) is 3.50. The van der Waals surface area contributed by atoms with Crippen molar-refractivity contribution < 1.29 is 14.4 Å². The fraction of sp³-hybridized carbons (Fsp3) is 0.0455. The first-order valence-corrected chi connectivity index (χ1v) is 10.3. The van der Waals surface area contributed by atoms with E-state index >= 15 is 0 Å². The number of rotatable bonds is 6. The SMILES string of the molecule is NC(=O)c1cccc(C(=O)NNC(=O)c2ccc(CSc3ccc(Cl)cc3)cc2)c1. The minimum absolute atomic E-state index is 0.209. The molecule has 0 atom stereocenters. The van der Waals surface area contributed by atoms with Crippen LogP contribution < -0.4 is 16.6 Å². The topological polar surface area (TPSA) is 101 Å². The maximum atomic E-state index is 12.3. The van der Waals surface area contributed by atoms with Gasteiger partial charge in [-0.15, -0.1) is 11.8 Å². The molecule has 0 bridgehead atoms. The van der Waals surface area contributed by atoms with Crippen LogP contribution in [0.3, 0.4) is 0 Å². The molecule has 3 rings (SSSR count). The summed E-state index contributed by atoms with van der Waals surface area (Å²) in [5, 5.41) is 0.697. The molecule has 6 nitrogen and oxygen atoms in total. The Balaban J connectivity index is 1.53. The molecular weight excluding hydrogens is 422 g/mol. The molecule has 8 heteroatoms. The number of amides is 3. The maximum Gasteiger partial charge on any atom is 0.269 e. The van der Waals surface area contributed by atoms with E-state index in [4.69, 9.17) is 17.3 Å². The number of nitrogens with two attached hydrogens (primary N) is 1. The van der Waals surface area contributed by atoms with Crippen LogP contribution in [0.4, 0.5) is 0 Å². The lowest BCUT2D eigenvalue weighted by Gasteiger charge is -2.09. The summed E-state index contributed by atoms with van der Waals surface area (Å²) in [6.07, 6.45) is 0. The molecule has 3 aromatic rings. The van der Waals surface area contributed by atoms with Crippen molar-refractivity contribution in [3.63, 3.8) is 0 Å². The molecule has 3 amide bonds. The van der Waals surface area contributed by atoms with E-state index < -0.39 is 17.7 Å². The molecular formula is C22H18ClN3O3S. The van der Waals surface area contributed by atoms with Crippen molar-refractivity contribution in [3.8, 4) is 0 Å². The Hall–Kier alpha value is -3.29. The Morgan fingerprint density at radius 2 is 1.40 bits per heavy atom. The molecule has 0 aliphatic rings. The number of halogens is 1. The van der Waals surface area contributed by atoms with Crippen molar-refractivity contribution in [2.75, 3.05) is 0 Å². The summed E-state index contributed by atoms with van der Waals surface area (Å²) in [4.78, 5) is 36.7. The van der Waals surface area contributed by atoms with E-state index in [1.165, 1.54) is 24.3 Å². The van der Waals surface area contributed by atoms with Crippen molar-refractivity contribution in [2.45, 2.75) is 10.6 Å². The zero-order chi connectivity index (χ0) is 21.5. The predicted octanol–water partition coefficient (Wildman–Crippen LogP) is 3.81. The van der Waals surface area contributed by atoms with Gasteiger partial charge in [-0.3, -0.25) is 25.2 Å². The smallest absolute Gasteiger partial charge is 0.269 e. The molecule has 0 radical (unpaired) electrons. The van der Waals surface area contributed by atoms with E-state index in [1.54, 1.807) is 23.9 Å². The van der Waals surface area contributed by atoms with Crippen molar-refractivity contribution in [2.24, 2.45) is 5.73 Å². The fourth-order valence-electron chi connectivity index (χ4n) is 2.52. The van der Waals surface area contributed by atoms with Gasteiger partial charge < -0.3 is 5.73 Å². The Morgan fingerprint density at radius 1 is 0.800 bits per heavy atom. The summed E-state index contributed by atoms with van der Waals surface area (Å²) in [6.45, 7) is 0. The third-order valence-electron chi connectivity index (χ3n) is 4.13. The minimum atomic E-state index is -0.636. The average molecular weight is 440 g/mol. The van der Waals surface area contributed by atoms with Crippen LogP contribution in [0.2, 0.25) is 5.02 Å². The van der Waals surface area contributed by atoms with Gasteiger partial charge in [0.05, 0.1) is 0 Å². The van der Waals surface area contributed by atoms with E-state index in [9.17, 15) is 14.4 Å². The summed E-state index contributed by atoms with van der Waals surface area (Å²) in [5.74, 6) is -0.895. The van der Waals surface area contributed by atoms with Gasteiger partial charge in [-0.2, -0.15) is 0 Å². The van der Waals surface area contributed by atoms with Gasteiger partial charge in [0.25, 0.3) is 11.8 Å². The number of thioether (sulfide) groups is 1.